The molecule has 1 amide bonds. The Morgan fingerprint density at radius 2 is 1.91 bits per heavy atom. The van der Waals surface area contributed by atoms with Gasteiger partial charge in [0.05, 0.1) is 22.4 Å². The van der Waals surface area contributed by atoms with Crippen molar-refractivity contribution in [2.75, 3.05) is 5.32 Å². The van der Waals surface area contributed by atoms with Crippen molar-refractivity contribution in [1.29, 1.82) is 0 Å². The largest absolute Gasteiger partial charge is 0.481 e. The maximum Gasteiger partial charge on any atom is 0.307 e. The molecule has 2 N–H and O–H groups in total. The second kappa shape index (κ2) is 6.38. The second-order valence-electron chi connectivity index (χ2n) is 5.24. The molecule has 116 valence electrons. The second-order valence-corrected chi connectivity index (χ2v) is 5.24. The lowest BCUT2D eigenvalue weighted by Crippen LogP contribution is -2.34. The summed E-state index contributed by atoms with van der Waals surface area (Å²) in [6.45, 7) is 1.72. The average molecular weight is 304 g/mol. The van der Waals surface area contributed by atoms with E-state index in [0.717, 1.165) is 0 Å². The van der Waals surface area contributed by atoms with Crippen molar-refractivity contribution in [2.45, 2.75) is 19.8 Å². The third-order valence-corrected chi connectivity index (χ3v) is 3.78. The van der Waals surface area contributed by atoms with Crippen LogP contribution in [0.1, 0.15) is 18.4 Å². The molecule has 1 aromatic rings. The number of carbonyl (C=O) groups excluding carboxylic acids is 1. The standard InChI is InChI=1S/C15H16N2O5/c1-9-6-7-10(17(21)22)8-13(9)16-14(18)11-4-2-3-5-12(11)15(19)20/h2-3,6-8,11-12H,4-5H2,1H3,(H,16,18)(H,19,20)/t11-,12-/m1/s1. The number of rotatable bonds is 4. The average Bonchev–Trinajstić information content (AvgIpc) is 2.49. The van der Waals surface area contributed by atoms with Crippen molar-refractivity contribution in [3.63, 3.8) is 0 Å². The Labute approximate surface area is 126 Å². The van der Waals surface area contributed by atoms with Crippen LogP contribution in [-0.2, 0) is 9.59 Å². The van der Waals surface area contributed by atoms with Crippen LogP contribution in [0.2, 0.25) is 0 Å². The summed E-state index contributed by atoms with van der Waals surface area (Å²) in [5.74, 6) is -2.90. The molecule has 2 rings (SSSR count). The number of nitrogens with one attached hydrogen (secondary N) is 1. The molecule has 0 saturated carbocycles. The molecule has 0 spiro atoms. The minimum Gasteiger partial charge on any atom is -0.481 e. The smallest absolute Gasteiger partial charge is 0.307 e. The molecule has 1 aliphatic rings. The number of carbonyl (C=O) groups is 2. The summed E-state index contributed by atoms with van der Waals surface area (Å²) in [6.07, 6.45) is 4.18. The van der Waals surface area contributed by atoms with Crippen LogP contribution in [0.5, 0.6) is 0 Å². The van der Waals surface area contributed by atoms with Crippen LogP contribution in [0.3, 0.4) is 0 Å². The van der Waals surface area contributed by atoms with Crippen LogP contribution < -0.4 is 5.32 Å². The van der Waals surface area contributed by atoms with Crippen LogP contribution in [0.15, 0.2) is 30.4 Å². The summed E-state index contributed by atoms with van der Waals surface area (Å²) < 4.78 is 0. The van der Waals surface area contributed by atoms with Gasteiger partial charge in [0.15, 0.2) is 0 Å². The fraction of sp³-hybridized carbons (Fsp3) is 0.333. The summed E-state index contributed by atoms with van der Waals surface area (Å²) >= 11 is 0. The van der Waals surface area contributed by atoms with E-state index in [-0.39, 0.29) is 5.69 Å². The lowest BCUT2D eigenvalue weighted by molar-refractivity contribution is -0.384. The van der Waals surface area contributed by atoms with Crippen LogP contribution >= 0.6 is 0 Å². The van der Waals surface area contributed by atoms with E-state index in [1.807, 2.05) is 0 Å². The van der Waals surface area contributed by atoms with E-state index in [1.54, 1.807) is 25.1 Å². The number of aryl methyl sites for hydroxylation is 1. The van der Waals surface area contributed by atoms with Crippen LogP contribution in [0.4, 0.5) is 11.4 Å². The predicted octanol–water partition coefficient (Wildman–Crippen LogP) is 2.51. The molecule has 0 radical (unpaired) electrons. The number of benzene rings is 1. The minimum atomic E-state index is -1.01. The highest BCUT2D eigenvalue weighted by Crippen LogP contribution is 2.28. The van der Waals surface area contributed by atoms with Crippen molar-refractivity contribution in [1.82, 2.24) is 0 Å². The lowest BCUT2D eigenvalue weighted by atomic mass is 9.82. The van der Waals surface area contributed by atoms with Gasteiger partial charge in [0.25, 0.3) is 5.69 Å². The van der Waals surface area contributed by atoms with E-state index in [1.165, 1.54) is 12.1 Å². The monoisotopic (exact) mass is 304 g/mol. The van der Waals surface area contributed by atoms with Gasteiger partial charge in [0, 0.05) is 12.1 Å². The molecule has 22 heavy (non-hydrogen) atoms. The van der Waals surface area contributed by atoms with E-state index in [2.05, 4.69) is 5.32 Å². The van der Waals surface area contributed by atoms with E-state index in [9.17, 15) is 24.8 Å². The van der Waals surface area contributed by atoms with Gasteiger partial charge in [0.1, 0.15) is 0 Å². The number of carboxylic acid groups (broad SMARTS) is 1. The first kappa shape index (κ1) is 15.7. The number of nitro benzene ring substituents is 1. The molecule has 0 fully saturated rings. The zero-order chi connectivity index (χ0) is 16.3. The molecule has 0 aromatic heterocycles. The van der Waals surface area contributed by atoms with Gasteiger partial charge in [-0.15, -0.1) is 0 Å². The molecule has 0 unspecified atom stereocenters. The van der Waals surface area contributed by atoms with Gasteiger partial charge in [-0.05, 0) is 25.3 Å². The first-order valence-corrected chi connectivity index (χ1v) is 6.84. The molecule has 0 bridgehead atoms. The summed E-state index contributed by atoms with van der Waals surface area (Å²) in [7, 11) is 0. The quantitative estimate of drug-likeness (QED) is 0.504. The van der Waals surface area contributed by atoms with Gasteiger partial charge >= 0.3 is 5.97 Å². The molecule has 0 saturated heterocycles. The van der Waals surface area contributed by atoms with Gasteiger partial charge < -0.3 is 10.4 Å². The van der Waals surface area contributed by atoms with Crippen molar-refractivity contribution in [2.24, 2.45) is 11.8 Å². The number of non-ortho nitro benzene ring substituents is 1. The Morgan fingerprint density at radius 1 is 1.27 bits per heavy atom. The zero-order valence-electron chi connectivity index (χ0n) is 12.0. The van der Waals surface area contributed by atoms with Crippen molar-refractivity contribution in [3.05, 3.63) is 46.0 Å². The van der Waals surface area contributed by atoms with E-state index in [4.69, 9.17) is 0 Å². The zero-order valence-corrected chi connectivity index (χ0v) is 12.0. The lowest BCUT2D eigenvalue weighted by Gasteiger charge is -2.24. The van der Waals surface area contributed by atoms with E-state index >= 15 is 0 Å². The molecule has 0 heterocycles. The number of allylic oxidation sites excluding steroid dienone is 2. The van der Waals surface area contributed by atoms with Gasteiger partial charge in [0.2, 0.25) is 5.91 Å². The Hall–Kier alpha value is -2.70. The first-order valence-electron chi connectivity index (χ1n) is 6.84. The molecule has 2 atom stereocenters. The highest BCUT2D eigenvalue weighted by molar-refractivity contribution is 5.96. The van der Waals surface area contributed by atoms with E-state index in [0.29, 0.717) is 24.1 Å². The van der Waals surface area contributed by atoms with Gasteiger partial charge in [-0.1, -0.05) is 18.2 Å². The molecular formula is C15H16N2O5. The molecule has 1 aromatic carbocycles. The number of amides is 1. The Morgan fingerprint density at radius 3 is 2.50 bits per heavy atom. The van der Waals surface area contributed by atoms with Crippen molar-refractivity contribution < 1.29 is 19.6 Å². The van der Waals surface area contributed by atoms with Gasteiger partial charge in [-0.25, -0.2) is 0 Å². The fourth-order valence-corrected chi connectivity index (χ4v) is 2.46. The van der Waals surface area contributed by atoms with Crippen molar-refractivity contribution in [3.8, 4) is 0 Å². The van der Waals surface area contributed by atoms with Gasteiger partial charge in [-0.3, -0.25) is 19.7 Å². The Kier molecular flexibility index (Phi) is 4.55. The summed E-state index contributed by atoms with van der Waals surface area (Å²) in [5.41, 5.74) is 0.884. The van der Waals surface area contributed by atoms with Crippen LogP contribution in [-0.4, -0.2) is 21.9 Å². The number of anilines is 1. The third-order valence-electron chi connectivity index (χ3n) is 3.78. The number of nitro groups is 1. The maximum absolute atomic E-state index is 12.3. The minimum absolute atomic E-state index is 0.126. The number of nitrogens with zero attached hydrogens (tertiary/aromatic N) is 1. The highest BCUT2D eigenvalue weighted by Gasteiger charge is 2.34. The molecule has 7 nitrogen and oxygen atoms in total. The number of hydrogen-bond donors (Lipinski definition) is 2. The highest BCUT2D eigenvalue weighted by atomic mass is 16.6. The predicted molar refractivity (Wildman–Crippen MR) is 79.5 cm³/mol. The summed E-state index contributed by atoms with van der Waals surface area (Å²) in [4.78, 5) is 33.8. The van der Waals surface area contributed by atoms with Crippen LogP contribution in [0.25, 0.3) is 0 Å². The van der Waals surface area contributed by atoms with E-state index < -0.39 is 28.6 Å². The van der Waals surface area contributed by atoms with Crippen molar-refractivity contribution >= 4 is 23.3 Å². The number of hydrogen-bond acceptors (Lipinski definition) is 4. The normalized spacial score (nSPS) is 20.4. The molecular weight excluding hydrogens is 288 g/mol. The maximum atomic E-state index is 12.3. The Bertz CT molecular complexity index is 653. The van der Waals surface area contributed by atoms with Gasteiger partial charge in [-0.2, -0.15) is 0 Å². The number of carboxylic acids is 1. The Balaban J connectivity index is 2.21. The first-order chi connectivity index (χ1) is 10.4. The number of aliphatic carboxylic acids is 1. The van der Waals surface area contributed by atoms with Crippen LogP contribution in [0, 0.1) is 28.9 Å². The fourth-order valence-electron chi connectivity index (χ4n) is 2.46. The summed E-state index contributed by atoms with van der Waals surface area (Å²) in [5, 5.41) is 22.6. The molecule has 1 aliphatic carbocycles. The topological polar surface area (TPSA) is 110 Å². The summed E-state index contributed by atoms with van der Waals surface area (Å²) in [6, 6.07) is 4.18. The molecule has 0 aliphatic heterocycles. The SMILES string of the molecule is Cc1ccc([N+](=O)[O-])cc1NC(=O)[C@@H]1CC=CC[C@H]1C(=O)O. The molecule has 7 heteroatoms. The third kappa shape index (κ3) is 3.30.